The van der Waals surface area contributed by atoms with Crippen molar-refractivity contribution >= 4 is 48.8 Å². The van der Waals surface area contributed by atoms with Crippen molar-refractivity contribution in [2.45, 2.75) is 30.7 Å². The Labute approximate surface area is 186 Å². The Hall–Kier alpha value is -3.23. The molecule has 0 unspecified atom stereocenters. The lowest BCUT2D eigenvalue weighted by Gasteiger charge is -2.33. The number of aromatic nitrogens is 2. The molecule has 1 aliphatic rings. The first-order valence-electron chi connectivity index (χ1n) is 9.56. The van der Waals surface area contributed by atoms with Crippen molar-refractivity contribution in [3.05, 3.63) is 55.7 Å². The van der Waals surface area contributed by atoms with Crippen molar-refractivity contribution in [3.8, 4) is 0 Å². The zero-order valence-electron chi connectivity index (χ0n) is 16.8. The second kappa shape index (κ2) is 8.37. The summed E-state index contributed by atoms with van der Waals surface area (Å²) >= 11 is 1.56. The second-order valence-electron chi connectivity index (χ2n) is 7.34. The van der Waals surface area contributed by atoms with Crippen molar-refractivity contribution in [1.29, 1.82) is 0 Å². The number of hydrogen-bond acceptors (Lipinski definition) is 10. The van der Waals surface area contributed by atoms with E-state index in [0.29, 0.717) is 32.0 Å². The normalized spacial score (nSPS) is 15.2. The maximum Gasteiger partial charge on any atom is 0.296 e. The van der Waals surface area contributed by atoms with Gasteiger partial charge < -0.3 is 4.90 Å². The van der Waals surface area contributed by atoms with Crippen molar-refractivity contribution in [1.82, 2.24) is 14.7 Å². The molecule has 168 valence electrons. The van der Waals surface area contributed by atoms with Gasteiger partial charge in [-0.25, -0.2) is 23.1 Å². The monoisotopic (exact) mass is 478 g/mol. The van der Waals surface area contributed by atoms with E-state index in [1.54, 1.807) is 11.3 Å². The largest absolute Gasteiger partial charge is 0.355 e. The summed E-state index contributed by atoms with van der Waals surface area (Å²) in [6, 6.07) is 2.05. The van der Waals surface area contributed by atoms with Gasteiger partial charge >= 0.3 is 0 Å². The van der Waals surface area contributed by atoms with Crippen LogP contribution in [-0.4, -0.2) is 47.4 Å². The van der Waals surface area contributed by atoms with Crippen LogP contribution in [0.5, 0.6) is 0 Å². The highest BCUT2D eigenvalue weighted by molar-refractivity contribution is 7.89. The Morgan fingerprint density at radius 2 is 1.88 bits per heavy atom. The van der Waals surface area contributed by atoms with Gasteiger partial charge in [-0.3, -0.25) is 20.2 Å². The van der Waals surface area contributed by atoms with E-state index in [2.05, 4.69) is 19.6 Å². The Morgan fingerprint density at radius 1 is 1.16 bits per heavy atom. The fraction of sp³-hybridized carbons (Fsp3) is 0.333. The molecule has 12 nitrogen and oxygen atoms in total. The number of benzene rings is 1. The third-order valence-corrected chi connectivity index (χ3v) is 7.92. The predicted octanol–water partition coefficient (Wildman–Crippen LogP) is 2.76. The van der Waals surface area contributed by atoms with Gasteiger partial charge in [-0.15, -0.1) is 11.3 Å². The van der Waals surface area contributed by atoms with Crippen molar-refractivity contribution in [2.75, 3.05) is 18.0 Å². The van der Waals surface area contributed by atoms with Crippen LogP contribution in [0.15, 0.2) is 34.8 Å². The third-order valence-electron chi connectivity index (χ3n) is 5.27. The number of fused-ring (bicyclic) bond motifs is 1. The van der Waals surface area contributed by atoms with E-state index >= 15 is 0 Å². The van der Waals surface area contributed by atoms with Gasteiger partial charge in [0.1, 0.15) is 12.1 Å². The number of nitro benzene ring substituents is 2. The molecule has 1 aliphatic heterocycles. The van der Waals surface area contributed by atoms with Gasteiger partial charge in [0.25, 0.3) is 11.4 Å². The highest BCUT2D eigenvalue weighted by Gasteiger charge is 2.32. The molecule has 4 rings (SSSR count). The Morgan fingerprint density at radius 3 is 2.53 bits per heavy atom. The van der Waals surface area contributed by atoms with E-state index < -0.39 is 42.2 Å². The number of nitro groups is 2. The summed E-state index contributed by atoms with van der Waals surface area (Å²) in [7, 11) is -4.25. The number of nitrogens with zero attached hydrogens (tertiary/aromatic N) is 5. The smallest absolute Gasteiger partial charge is 0.296 e. The fourth-order valence-corrected chi connectivity index (χ4v) is 6.14. The Kier molecular flexibility index (Phi) is 5.75. The number of non-ortho nitro benzene ring substituents is 1. The van der Waals surface area contributed by atoms with E-state index in [0.717, 1.165) is 33.7 Å². The number of rotatable bonds is 6. The van der Waals surface area contributed by atoms with Crippen LogP contribution in [0.1, 0.15) is 18.4 Å². The lowest BCUT2D eigenvalue weighted by molar-refractivity contribution is -0.396. The SMILES string of the molecule is Cc1csc2c(N3CCC(NS(=O)(=O)c4ccc([N+](=O)[O-])cc4[N+](=O)[O-])CC3)ncnc12. The van der Waals surface area contributed by atoms with E-state index in [9.17, 15) is 28.6 Å². The molecule has 14 heteroatoms. The first kappa shape index (κ1) is 22.0. The summed E-state index contributed by atoms with van der Waals surface area (Å²) in [6.07, 6.45) is 2.45. The lowest BCUT2D eigenvalue weighted by atomic mass is 10.1. The van der Waals surface area contributed by atoms with Crippen LogP contribution in [0, 0.1) is 27.2 Å². The Balaban J connectivity index is 1.50. The van der Waals surface area contributed by atoms with Gasteiger partial charge in [0, 0.05) is 25.2 Å². The van der Waals surface area contributed by atoms with Crippen LogP contribution in [0.2, 0.25) is 0 Å². The highest BCUT2D eigenvalue weighted by Crippen LogP contribution is 2.33. The van der Waals surface area contributed by atoms with Gasteiger partial charge in [-0.2, -0.15) is 0 Å². The summed E-state index contributed by atoms with van der Waals surface area (Å²) in [5.41, 5.74) is 0.582. The molecule has 1 N–H and O–H groups in total. The molecule has 2 aromatic heterocycles. The van der Waals surface area contributed by atoms with Gasteiger partial charge in [-0.05, 0) is 36.8 Å². The summed E-state index contributed by atoms with van der Waals surface area (Å²) in [4.78, 5) is 30.6. The maximum absolute atomic E-state index is 12.8. The summed E-state index contributed by atoms with van der Waals surface area (Å²) in [5, 5.41) is 24.2. The highest BCUT2D eigenvalue weighted by atomic mass is 32.2. The van der Waals surface area contributed by atoms with Gasteiger partial charge in [-0.1, -0.05) is 0 Å². The topological polar surface area (TPSA) is 161 Å². The molecule has 3 heterocycles. The van der Waals surface area contributed by atoms with Gasteiger partial charge in [0.15, 0.2) is 4.90 Å². The van der Waals surface area contributed by atoms with E-state index in [-0.39, 0.29) is 0 Å². The quantitative estimate of drug-likeness (QED) is 0.415. The number of hydrogen-bond donors (Lipinski definition) is 1. The number of nitrogens with one attached hydrogen (secondary N) is 1. The van der Waals surface area contributed by atoms with Crippen LogP contribution in [-0.2, 0) is 10.0 Å². The molecule has 0 aliphatic carbocycles. The standard InChI is InChI=1S/C18H18N6O6S2/c1-11-9-31-17-16(11)19-10-20-18(17)22-6-4-12(5-7-22)21-32(29,30)15-3-2-13(23(25)26)8-14(15)24(27)28/h2-3,8-10,12,21H,4-7H2,1H3. The molecule has 0 spiro atoms. The van der Waals surface area contributed by atoms with Crippen LogP contribution >= 0.6 is 11.3 Å². The molecule has 0 bridgehead atoms. The first-order valence-corrected chi connectivity index (χ1v) is 11.9. The zero-order valence-corrected chi connectivity index (χ0v) is 18.4. The molecule has 0 amide bonds. The van der Waals surface area contributed by atoms with Crippen molar-refractivity contribution in [2.24, 2.45) is 0 Å². The molecule has 1 aromatic carbocycles. The molecule has 32 heavy (non-hydrogen) atoms. The number of sulfonamides is 1. The number of piperidine rings is 1. The van der Waals surface area contributed by atoms with E-state index in [1.165, 1.54) is 6.33 Å². The molecule has 1 saturated heterocycles. The number of thiophene rings is 1. The van der Waals surface area contributed by atoms with E-state index in [1.807, 2.05) is 12.3 Å². The Bertz CT molecular complexity index is 1320. The van der Waals surface area contributed by atoms with Gasteiger partial charge in [0.2, 0.25) is 10.0 Å². The first-order chi connectivity index (χ1) is 15.2. The fourth-order valence-electron chi connectivity index (χ4n) is 3.66. The van der Waals surface area contributed by atoms with Gasteiger partial charge in [0.05, 0.1) is 26.1 Å². The molecule has 0 radical (unpaired) electrons. The van der Waals surface area contributed by atoms with Crippen LogP contribution < -0.4 is 9.62 Å². The number of aryl methyl sites for hydroxylation is 1. The average Bonchev–Trinajstić information content (AvgIpc) is 3.14. The molecule has 1 fully saturated rings. The lowest BCUT2D eigenvalue weighted by Crippen LogP contribution is -2.45. The average molecular weight is 479 g/mol. The summed E-state index contributed by atoms with van der Waals surface area (Å²) in [6.45, 7) is 3.06. The second-order valence-corrected chi connectivity index (χ2v) is 9.90. The molecular formula is C18H18N6O6S2. The van der Waals surface area contributed by atoms with Crippen LogP contribution in [0.3, 0.4) is 0 Å². The molecule has 3 aromatic rings. The van der Waals surface area contributed by atoms with E-state index in [4.69, 9.17) is 0 Å². The molecular weight excluding hydrogens is 460 g/mol. The molecule has 0 saturated carbocycles. The minimum absolute atomic E-state index is 0.437. The molecule has 0 atom stereocenters. The minimum atomic E-state index is -4.25. The summed E-state index contributed by atoms with van der Waals surface area (Å²) in [5.74, 6) is 0.806. The van der Waals surface area contributed by atoms with Crippen molar-refractivity contribution in [3.63, 3.8) is 0 Å². The minimum Gasteiger partial charge on any atom is -0.355 e. The number of anilines is 1. The summed E-state index contributed by atoms with van der Waals surface area (Å²) < 4.78 is 29.1. The third kappa shape index (κ3) is 4.11. The predicted molar refractivity (Wildman–Crippen MR) is 117 cm³/mol. The van der Waals surface area contributed by atoms with Crippen molar-refractivity contribution < 1.29 is 18.3 Å². The zero-order chi connectivity index (χ0) is 23.0. The van der Waals surface area contributed by atoms with Crippen LogP contribution in [0.25, 0.3) is 10.2 Å². The van der Waals surface area contributed by atoms with Crippen LogP contribution in [0.4, 0.5) is 17.2 Å². The maximum atomic E-state index is 12.8.